The number of rotatable bonds is 4. The summed E-state index contributed by atoms with van der Waals surface area (Å²) in [5.74, 6) is -0.0522. The third-order valence-corrected chi connectivity index (χ3v) is 6.26. The van der Waals surface area contributed by atoms with E-state index < -0.39 is 5.63 Å². The average Bonchev–Trinajstić information content (AvgIpc) is 3.26. The molecule has 7 nitrogen and oxygen atoms in total. The lowest BCUT2D eigenvalue weighted by atomic mass is 9.98. The Labute approximate surface area is 186 Å². The quantitative estimate of drug-likeness (QED) is 0.596. The van der Waals surface area contributed by atoms with E-state index in [1.54, 1.807) is 11.1 Å². The summed E-state index contributed by atoms with van der Waals surface area (Å²) in [6, 6.07) is 18.9. The Morgan fingerprint density at radius 2 is 1.75 bits per heavy atom. The van der Waals surface area contributed by atoms with Crippen LogP contribution in [0.4, 0.5) is 0 Å². The van der Waals surface area contributed by atoms with Crippen molar-refractivity contribution in [1.82, 2.24) is 14.8 Å². The van der Waals surface area contributed by atoms with Gasteiger partial charge in [0.15, 0.2) is 0 Å². The molecule has 3 heterocycles. The van der Waals surface area contributed by atoms with Crippen LogP contribution in [0.1, 0.15) is 23.6 Å². The topological polar surface area (TPSA) is 69.4 Å². The zero-order valence-electron chi connectivity index (χ0n) is 18.1. The van der Waals surface area contributed by atoms with Crippen LogP contribution < -0.4 is 5.63 Å². The molecule has 0 bridgehead atoms. The van der Waals surface area contributed by atoms with Crippen LogP contribution in [0.25, 0.3) is 11.0 Å². The van der Waals surface area contributed by atoms with Gasteiger partial charge in [0, 0.05) is 38.0 Å². The molecule has 3 aromatic rings. The van der Waals surface area contributed by atoms with Crippen molar-refractivity contribution in [2.75, 3.05) is 39.8 Å². The molecule has 2 aliphatic heterocycles. The van der Waals surface area contributed by atoms with Gasteiger partial charge in [0.25, 0.3) is 5.91 Å². The normalized spacial score (nSPS) is 20.0. The molecule has 32 heavy (non-hydrogen) atoms. The molecule has 1 saturated heterocycles. The van der Waals surface area contributed by atoms with Gasteiger partial charge in [0.2, 0.25) is 0 Å². The molecule has 1 atom stereocenters. The Bertz CT molecular complexity index is 1210. The SMILES string of the molecule is CN1CCN(CC(=O)N2N=C(c3cc4ccccc4oc3=O)CC2c2ccccc2)CC1. The lowest BCUT2D eigenvalue weighted by molar-refractivity contribution is -0.134. The van der Waals surface area contributed by atoms with Gasteiger partial charge in [-0.2, -0.15) is 5.10 Å². The summed E-state index contributed by atoms with van der Waals surface area (Å²) in [7, 11) is 2.09. The molecule has 1 unspecified atom stereocenters. The minimum absolute atomic E-state index is 0.0522. The van der Waals surface area contributed by atoms with Gasteiger partial charge in [-0.05, 0) is 24.7 Å². The number of para-hydroxylation sites is 1. The number of hydrazone groups is 1. The predicted molar refractivity (Wildman–Crippen MR) is 124 cm³/mol. The first-order valence-electron chi connectivity index (χ1n) is 11.0. The lowest BCUT2D eigenvalue weighted by Gasteiger charge is -2.33. The molecule has 5 rings (SSSR count). The fraction of sp³-hybridized carbons (Fsp3) is 0.320. The summed E-state index contributed by atoms with van der Waals surface area (Å²) in [6.07, 6.45) is 0.474. The van der Waals surface area contributed by atoms with Gasteiger partial charge in [-0.15, -0.1) is 0 Å². The molecule has 1 amide bonds. The number of likely N-dealkylation sites (N-methyl/N-ethyl adjacent to an activating group) is 1. The second-order valence-corrected chi connectivity index (χ2v) is 8.48. The van der Waals surface area contributed by atoms with E-state index in [9.17, 15) is 9.59 Å². The summed E-state index contributed by atoms with van der Waals surface area (Å²) < 4.78 is 5.52. The van der Waals surface area contributed by atoms with Crippen molar-refractivity contribution in [2.24, 2.45) is 5.10 Å². The van der Waals surface area contributed by atoms with Crippen molar-refractivity contribution < 1.29 is 9.21 Å². The van der Waals surface area contributed by atoms with Crippen LogP contribution in [0.5, 0.6) is 0 Å². The summed E-state index contributed by atoms with van der Waals surface area (Å²) in [5, 5.41) is 7.07. The Balaban J connectivity index is 1.47. The second-order valence-electron chi connectivity index (χ2n) is 8.48. The molecular weight excluding hydrogens is 404 g/mol. The number of hydrogen-bond acceptors (Lipinski definition) is 6. The number of fused-ring (bicyclic) bond motifs is 1. The molecule has 2 aliphatic rings. The molecule has 7 heteroatoms. The fourth-order valence-electron chi connectivity index (χ4n) is 4.37. The summed E-state index contributed by atoms with van der Waals surface area (Å²) in [4.78, 5) is 30.5. The first-order chi connectivity index (χ1) is 15.6. The third-order valence-electron chi connectivity index (χ3n) is 6.26. The molecule has 0 spiro atoms. The van der Waals surface area contributed by atoms with E-state index in [-0.39, 0.29) is 11.9 Å². The molecule has 1 fully saturated rings. The Kier molecular flexibility index (Phi) is 5.59. The number of hydrogen-bond donors (Lipinski definition) is 0. The zero-order chi connectivity index (χ0) is 22.1. The monoisotopic (exact) mass is 430 g/mol. The molecule has 0 radical (unpaired) electrons. The predicted octanol–water partition coefficient (Wildman–Crippen LogP) is 2.72. The van der Waals surface area contributed by atoms with Crippen molar-refractivity contribution in [3.05, 3.63) is 82.2 Å². The van der Waals surface area contributed by atoms with Crippen molar-refractivity contribution in [2.45, 2.75) is 12.5 Å². The average molecular weight is 431 g/mol. The van der Waals surface area contributed by atoms with Crippen LogP contribution in [-0.2, 0) is 4.79 Å². The Morgan fingerprint density at radius 3 is 2.53 bits per heavy atom. The van der Waals surface area contributed by atoms with Gasteiger partial charge in [-0.1, -0.05) is 48.5 Å². The van der Waals surface area contributed by atoms with Gasteiger partial charge in [0.1, 0.15) is 5.58 Å². The standard InChI is InChI=1S/C25H26N4O3/c1-27-11-13-28(14-12-27)17-24(30)29-22(18-7-3-2-4-8-18)16-21(26-29)20-15-19-9-5-6-10-23(19)32-25(20)31/h2-10,15,22H,11-14,16-17H2,1H3. The molecule has 0 aliphatic carbocycles. The summed E-state index contributed by atoms with van der Waals surface area (Å²) in [6.45, 7) is 3.93. The van der Waals surface area contributed by atoms with Gasteiger partial charge in [-0.3, -0.25) is 9.69 Å². The van der Waals surface area contributed by atoms with E-state index in [0.717, 1.165) is 37.1 Å². The minimum Gasteiger partial charge on any atom is -0.422 e. The van der Waals surface area contributed by atoms with Crippen molar-refractivity contribution >= 4 is 22.6 Å². The molecule has 2 aromatic carbocycles. The van der Waals surface area contributed by atoms with Crippen LogP contribution in [0.15, 0.2) is 75.0 Å². The highest BCUT2D eigenvalue weighted by Crippen LogP contribution is 2.32. The Hall–Kier alpha value is -3.29. The van der Waals surface area contributed by atoms with E-state index in [2.05, 4.69) is 21.9 Å². The number of carbonyl (C=O) groups is 1. The van der Waals surface area contributed by atoms with Crippen LogP contribution in [-0.4, -0.2) is 66.2 Å². The van der Waals surface area contributed by atoms with E-state index in [4.69, 9.17) is 4.42 Å². The molecule has 0 N–H and O–H groups in total. The summed E-state index contributed by atoms with van der Waals surface area (Å²) in [5.41, 5.74) is 2.12. The largest absolute Gasteiger partial charge is 0.422 e. The highest BCUT2D eigenvalue weighted by Gasteiger charge is 2.35. The number of piperazine rings is 1. The van der Waals surface area contributed by atoms with Gasteiger partial charge in [0.05, 0.1) is 23.9 Å². The molecular formula is C25H26N4O3. The number of nitrogens with zero attached hydrogens (tertiary/aromatic N) is 4. The fourth-order valence-corrected chi connectivity index (χ4v) is 4.37. The van der Waals surface area contributed by atoms with E-state index in [1.165, 1.54) is 0 Å². The number of carbonyl (C=O) groups excluding carboxylic acids is 1. The Morgan fingerprint density at radius 1 is 1.03 bits per heavy atom. The highest BCUT2D eigenvalue weighted by atomic mass is 16.4. The second kappa shape index (κ2) is 8.68. The highest BCUT2D eigenvalue weighted by molar-refractivity contribution is 6.04. The smallest absolute Gasteiger partial charge is 0.345 e. The van der Waals surface area contributed by atoms with E-state index in [1.807, 2.05) is 54.6 Å². The summed E-state index contributed by atoms with van der Waals surface area (Å²) >= 11 is 0. The first kappa shape index (κ1) is 20.6. The lowest BCUT2D eigenvalue weighted by Crippen LogP contribution is -2.48. The molecule has 0 saturated carbocycles. The van der Waals surface area contributed by atoms with Crippen LogP contribution in [0.2, 0.25) is 0 Å². The third kappa shape index (κ3) is 4.09. The van der Waals surface area contributed by atoms with Crippen molar-refractivity contribution in [1.29, 1.82) is 0 Å². The minimum atomic E-state index is -0.428. The van der Waals surface area contributed by atoms with Crippen LogP contribution >= 0.6 is 0 Å². The van der Waals surface area contributed by atoms with Crippen molar-refractivity contribution in [3.8, 4) is 0 Å². The maximum atomic E-state index is 13.3. The van der Waals surface area contributed by atoms with E-state index in [0.29, 0.717) is 29.8 Å². The van der Waals surface area contributed by atoms with Gasteiger partial charge < -0.3 is 9.32 Å². The van der Waals surface area contributed by atoms with Gasteiger partial charge in [-0.25, -0.2) is 9.80 Å². The number of amides is 1. The molecule has 1 aromatic heterocycles. The zero-order valence-corrected chi connectivity index (χ0v) is 18.1. The van der Waals surface area contributed by atoms with Gasteiger partial charge >= 0.3 is 5.63 Å². The van der Waals surface area contributed by atoms with Crippen LogP contribution in [0, 0.1) is 0 Å². The maximum Gasteiger partial charge on any atom is 0.345 e. The van der Waals surface area contributed by atoms with Crippen LogP contribution in [0.3, 0.4) is 0 Å². The van der Waals surface area contributed by atoms with E-state index >= 15 is 0 Å². The number of benzene rings is 2. The first-order valence-corrected chi connectivity index (χ1v) is 11.0. The van der Waals surface area contributed by atoms with Crippen molar-refractivity contribution in [3.63, 3.8) is 0 Å². The molecule has 164 valence electrons. The maximum absolute atomic E-state index is 13.3.